The predicted octanol–water partition coefficient (Wildman–Crippen LogP) is 1.89. The van der Waals surface area contributed by atoms with Crippen molar-refractivity contribution in [2.75, 3.05) is 13.2 Å². The number of ether oxygens (including phenoxy) is 1. The van der Waals surface area contributed by atoms with Gasteiger partial charge in [-0.3, -0.25) is 4.79 Å². The van der Waals surface area contributed by atoms with Crippen LogP contribution in [0.5, 0.6) is 5.75 Å². The number of carboxylic acids is 1. The molecule has 1 amide bonds. The Morgan fingerprint density at radius 2 is 2.17 bits per heavy atom. The van der Waals surface area contributed by atoms with Crippen molar-refractivity contribution in [3.63, 3.8) is 0 Å². The standard InChI is InChI=1S/C12H14INO4/c1-2-14-11(15)5-6-18-10-7-8(12(16)17)3-4-9(10)13/h3-4,7H,2,5-6H2,1H3,(H,14,15)(H,16,17). The Hall–Kier alpha value is -1.31. The molecular formula is C12H14INO4. The van der Waals surface area contributed by atoms with Gasteiger partial charge in [-0.05, 0) is 47.7 Å². The summed E-state index contributed by atoms with van der Waals surface area (Å²) in [6.45, 7) is 2.66. The molecule has 5 nitrogen and oxygen atoms in total. The smallest absolute Gasteiger partial charge is 0.335 e. The maximum Gasteiger partial charge on any atom is 0.335 e. The van der Waals surface area contributed by atoms with Crippen molar-refractivity contribution < 1.29 is 19.4 Å². The van der Waals surface area contributed by atoms with Gasteiger partial charge in [0.25, 0.3) is 0 Å². The lowest BCUT2D eigenvalue weighted by atomic mass is 10.2. The van der Waals surface area contributed by atoms with E-state index >= 15 is 0 Å². The summed E-state index contributed by atoms with van der Waals surface area (Å²) in [7, 11) is 0. The number of hydrogen-bond donors (Lipinski definition) is 2. The van der Waals surface area contributed by atoms with Crippen LogP contribution in [0.25, 0.3) is 0 Å². The lowest BCUT2D eigenvalue weighted by molar-refractivity contribution is -0.121. The van der Waals surface area contributed by atoms with Gasteiger partial charge < -0.3 is 15.2 Å². The molecule has 0 bridgehead atoms. The number of benzene rings is 1. The van der Waals surface area contributed by atoms with Gasteiger partial charge >= 0.3 is 5.97 Å². The van der Waals surface area contributed by atoms with Crippen LogP contribution in [-0.2, 0) is 4.79 Å². The summed E-state index contributed by atoms with van der Waals surface area (Å²) in [4.78, 5) is 22.0. The number of aromatic carboxylic acids is 1. The van der Waals surface area contributed by atoms with E-state index in [1.807, 2.05) is 6.92 Å². The largest absolute Gasteiger partial charge is 0.492 e. The van der Waals surface area contributed by atoms with E-state index in [0.717, 1.165) is 3.57 Å². The van der Waals surface area contributed by atoms with Gasteiger partial charge in [0.05, 0.1) is 22.2 Å². The number of carbonyl (C=O) groups excluding carboxylic acids is 1. The van der Waals surface area contributed by atoms with Crippen LogP contribution in [-0.4, -0.2) is 30.1 Å². The molecule has 0 aliphatic heterocycles. The Morgan fingerprint density at radius 1 is 1.44 bits per heavy atom. The molecule has 98 valence electrons. The number of carbonyl (C=O) groups is 2. The highest BCUT2D eigenvalue weighted by atomic mass is 127. The lowest BCUT2D eigenvalue weighted by Crippen LogP contribution is -2.24. The van der Waals surface area contributed by atoms with Gasteiger partial charge in [-0.1, -0.05) is 0 Å². The minimum absolute atomic E-state index is 0.0816. The molecule has 0 atom stereocenters. The van der Waals surface area contributed by atoms with Crippen LogP contribution in [0.3, 0.4) is 0 Å². The third-order valence-electron chi connectivity index (χ3n) is 2.14. The Labute approximate surface area is 119 Å². The summed E-state index contributed by atoms with van der Waals surface area (Å²) in [5.74, 6) is -0.596. The first-order valence-electron chi connectivity index (χ1n) is 5.47. The van der Waals surface area contributed by atoms with Crippen LogP contribution in [0.4, 0.5) is 0 Å². The molecule has 0 fully saturated rings. The lowest BCUT2D eigenvalue weighted by Gasteiger charge is -2.09. The zero-order chi connectivity index (χ0) is 13.5. The van der Waals surface area contributed by atoms with Crippen molar-refractivity contribution in [2.24, 2.45) is 0 Å². The fraction of sp³-hybridized carbons (Fsp3) is 0.333. The average molecular weight is 363 g/mol. The first kappa shape index (κ1) is 14.7. The Balaban J connectivity index is 2.58. The fourth-order valence-electron chi connectivity index (χ4n) is 1.29. The van der Waals surface area contributed by atoms with Gasteiger partial charge in [0.15, 0.2) is 0 Å². The molecule has 0 aromatic heterocycles. The summed E-state index contributed by atoms with van der Waals surface area (Å²) < 4.78 is 6.23. The van der Waals surface area contributed by atoms with E-state index in [2.05, 4.69) is 27.9 Å². The molecule has 1 rings (SSSR count). The third-order valence-corrected chi connectivity index (χ3v) is 3.03. The minimum atomic E-state index is -1.00. The molecule has 0 aliphatic carbocycles. The molecule has 0 saturated heterocycles. The summed E-state index contributed by atoms with van der Waals surface area (Å²) in [6, 6.07) is 4.65. The van der Waals surface area contributed by atoms with E-state index in [9.17, 15) is 9.59 Å². The molecular weight excluding hydrogens is 349 g/mol. The molecule has 0 saturated carbocycles. The van der Waals surface area contributed by atoms with Crippen LogP contribution in [0.2, 0.25) is 0 Å². The quantitative estimate of drug-likeness (QED) is 0.757. The number of carboxylic acid groups (broad SMARTS) is 1. The van der Waals surface area contributed by atoms with E-state index in [-0.39, 0.29) is 24.5 Å². The third kappa shape index (κ3) is 4.52. The monoisotopic (exact) mass is 363 g/mol. The van der Waals surface area contributed by atoms with Crippen LogP contribution < -0.4 is 10.1 Å². The van der Waals surface area contributed by atoms with Crippen molar-refractivity contribution in [1.82, 2.24) is 5.32 Å². The van der Waals surface area contributed by atoms with Crippen molar-refractivity contribution in [3.05, 3.63) is 27.3 Å². The summed E-state index contributed by atoms with van der Waals surface area (Å²) in [6.07, 6.45) is 0.251. The molecule has 1 aromatic rings. The van der Waals surface area contributed by atoms with Crippen LogP contribution in [0, 0.1) is 3.57 Å². The highest BCUT2D eigenvalue weighted by molar-refractivity contribution is 14.1. The van der Waals surface area contributed by atoms with E-state index in [0.29, 0.717) is 12.3 Å². The van der Waals surface area contributed by atoms with Gasteiger partial charge in [-0.25, -0.2) is 4.79 Å². The van der Waals surface area contributed by atoms with Gasteiger partial charge in [0, 0.05) is 6.54 Å². The molecule has 0 unspecified atom stereocenters. The summed E-state index contributed by atoms with van der Waals surface area (Å²) in [5.41, 5.74) is 0.170. The fourth-order valence-corrected chi connectivity index (χ4v) is 1.78. The van der Waals surface area contributed by atoms with Crippen molar-refractivity contribution in [1.29, 1.82) is 0 Å². The van der Waals surface area contributed by atoms with Crippen LogP contribution in [0.15, 0.2) is 18.2 Å². The first-order chi connectivity index (χ1) is 8.54. The van der Waals surface area contributed by atoms with Crippen LogP contribution in [0.1, 0.15) is 23.7 Å². The van der Waals surface area contributed by atoms with E-state index < -0.39 is 5.97 Å². The summed E-state index contributed by atoms with van der Waals surface area (Å²) in [5, 5.41) is 11.5. The molecule has 0 spiro atoms. The maximum absolute atomic E-state index is 11.2. The van der Waals surface area contributed by atoms with E-state index in [1.165, 1.54) is 12.1 Å². The molecule has 6 heteroatoms. The number of amides is 1. The second-order valence-electron chi connectivity index (χ2n) is 3.50. The SMILES string of the molecule is CCNC(=O)CCOc1cc(C(=O)O)ccc1I. The Bertz CT molecular complexity index is 448. The Morgan fingerprint density at radius 3 is 2.78 bits per heavy atom. The van der Waals surface area contributed by atoms with E-state index in [1.54, 1.807) is 6.07 Å². The molecule has 0 radical (unpaired) electrons. The molecule has 2 N–H and O–H groups in total. The molecule has 0 heterocycles. The Kier molecular flexibility index (Phi) is 5.90. The number of halogens is 1. The maximum atomic E-state index is 11.2. The molecule has 18 heavy (non-hydrogen) atoms. The van der Waals surface area contributed by atoms with Gasteiger partial charge in [-0.15, -0.1) is 0 Å². The predicted molar refractivity (Wildman–Crippen MR) is 74.9 cm³/mol. The molecule has 1 aromatic carbocycles. The second-order valence-corrected chi connectivity index (χ2v) is 4.66. The number of nitrogens with one attached hydrogen (secondary N) is 1. The van der Waals surface area contributed by atoms with Crippen LogP contribution >= 0.6 is 22.6 Å². The van der Waals surface area contributed by atoms with Crippen molar-refractivity contribution in [3.8, 4) is 5.75 Å². The van der Waals surface area contributed by atoms with Gasteiger partial charge in [0.2, 0.25) is 5.91 Å². The normalized spacial score (nSPS) is 9.89. The minimum Gasteiger partial charge on any atom is -0.492 e. The van der Waals surface area contributed by atoms with Gasteiger partial charge in [-0.2, -0.15) is 0 Å². The highest BCUT2D eigenvalue weighted by Crippen LogP contribution is 2.22. The zero-order valence-corrected chi connectivity index (χ0v) is 12.1. The van der Waals surface area contributed by atoms with E-state index in [4.69, 9.17) is 9.84 Å². The van der Waals surface area contributed by atoms with Crippen molar-refractivity contribution in [2.45, 2.75) is 13.3 Å². The van der Waals surface area contributed by atoms with Gasteiger partial charge in [0.1, 0.15) is 5.75 Å². The van der Waals surface area contributed by atoms with Crippen molar-refractivity contribution >= 4 is 34.5 Å². The number of rotatable bonds is 6. The highest BCUT2D eigenvalue weighted by Gasteiger charge is 2.08. The molecule has 0 aliphatic rings. The summed E-state index contributed by atoms with van der Waals surface area (Å²) >= 11 is 2.06. The second kappa shape index (κ2) is 7.20. The zero-order valence-electron chi connectivity index (χ0n) is 9.90. The first-order valence-corrected chi connectivity index (χ1v) is 6.54. The number of hydrogen-bond acceptors (Lipinski definition) is 3. The topological polar surface area (TPSA) is 75.6 Å². The average Bonchev–Trinajstić information content (AvgIpc) is 2.31.